The van der Waals surface area contributed by atoms with Gasteiger partial charge >= 0.3 is 0 Å². The Morgan fingerprint density at radius 3 is 2.60 bits per heavy atom. The van der Waals surface area contributed by atoms with E-state index in [1.54, 1.807) is 11.0 Å². The van der Waals surface area contributed by atoms with Crippen LogP contribution >= 0.6 is 0 Å². The first-order chi connectivity index (χ1) is 9.56. The molecule has 0 saturated carbocycles. The topological polar surface area (TPSA) is 66.6 Å². The maximum absolute atomic E-state index is 12.6. The van der Waals surface area contributed by atoms with Crippen LogP contribution in [0.15, 0.2) is 36.4 Å². The van der Waals surface area contributed by atoms with Crippen LogP contribution in [0.2, 0.25) is 0 Å². The molecule has 0 atom stereocenters. The number of phenolic OH excluding ortho intramolecular Hbond substituents is 1. The van der Waals surface area contributed by atoms with Crippen LogP contribution in [0.5, 0.6) is 5.75 Å². The molecule has 0 aliphatic rings. The van der Waals surface area contributed by atoms with Gasteiger partial charge in [0, 0.05) is 24.5 Å². The molecule has 2 aromatic rings. The van der Waals surface area contributed by atoms with E-state index in [0.29, 0.717) is 24.0 Å². The van der Waals surface area contributed by atoms with E-state index in [9.17, 15) is 9.90 Å². The number of phenols is 1. The Balaban J connectivity index is 2.46. The van der Waals surface area contributed by atoms with E-state index in [-0.39, 0.29) is 17.7 Å². The molecule has 2 aromatic carbocycles. The molecule has 1 amide bonds. The summed E-state index contributed by atoms with van der Waals surface area (Å²) in [6.07, 6.45) is 0. The molecule has 106 valence electrons. The number of fused-ring (bicyclic) bond motifs is 1. The highest BCUT2D eigenvalue weighted by atomic mass is 16.3. The summed E-state index contributed by atoms with van der Waals surface area (Å²) in [6.45, 7) is 4.75. The van der Waals surface area contributed by atoms with Crippen molar-refractivity contribution in [3.8, 4) is 5.75 Å². The van der Waals surface area contributed by atoms with Crippen molar-refractivity contribution >= 4 is 16.7 Å². The van der Waals surface area contributed by atoms with Gasteiger partial charge in [0.1, 0.15) is 5.75 Å². The highest BCUT2D eigenvalue weighted by Crippen LogP contribution is 2.29. The zero-order valence-electron chi connectivity index (χ0n) is 11.8. The first kappa shape index (κ1) is 14.3. The second-order valence-corrected chi connectivity index (χ2v) is 5.06. The maximum atomic E-state index is 12.6. The molecule has 0 aliphatic carbocycles. The number of hydrogen-bond donors (Lipinski definition) is 2. The summed E-state index contributed by atoms with van der Waals surface area (Å²) in [6, 6.07) is 11.0. The molecular weight excluding hydrogens is 252 g/mol. The average molecular weight is 272 g/mol. The van der Waals surface area contributed by atoms with Crippen molar-refractivity contribution in [2.75, 3.05) is 13.1 Å². The van der Waals surface area contributed by atoms with Crippen molar-refractivity contribution in [2.24, 2.45) is 5.73 Å². The fourth-order valence-corrected chi connectivity index (χ4v) is 2.32. The average Bonchev–Trinajstić information content (AvgIpc) is 2.44. The number of amides is 1. The lowest BCUT2D eigenvalue weighted by Crippen LogP contribution is -2.40. The van der Waals surface area contributed by atoms with Gasteiger partial charge in [-0.15, -0.1) is 0 Å². The molecule has 0 fully saturated rings. The van der Waals surface area contributed by atoms with E-state index in [4.69, 9.17) is 5.73 Å². The summed E-state index contributed by atoms with van der Waals surface area (Å²) in [7, 11) is 0. The van der Waals surface area contributed by atoms with Crippen molar-refractivity contribution in [1.29, 1.82) is 0 Å². The Morgan fingerprint density at radius 1 is 1.25 bits per heavy atom. The number of nitrogens with two attached hydrogens (primary N) is 1. The fraction of sp³-hybridized carbons (Fsp3) is 0.312. The number of nitrogens with zero attached hydrogens (tertiary/aromatic N) is 1. The Bertz CT molecular complexity index is 623. The third kappa shape index (κ3) is 2.60. The Kier molecular flexibility index (Phi) is 4.25. The maximum Gasteiger partial charge on any atom is 0.257 e. The highest BCUT2D eigenvalue weighted by Gasteiger charge is 2.21. The van der Waals surface area contributed by atoms with Crippen LogP contribution in [0.1, 0.15) is 24.2 Å². The van der Waals surface area contributed by atoms with E-state index >= 15 is 0 Å². The van der Waals surface area contributed by atoms with Crippen LogP contribution in [-0.4, -0.2) is 35.0 Å². The number of carbonyl (C=O) groups excluding carboxylic acids is 1. The van der Waals surface area contributed by atoms with Gasteiger partial charge in [-0.2, -0.15) is 0 Å². The molecule has 0 radical (unpaired) electrons. The summed E-state index contributed by atoms with van der Waals surface area (Å²) < 4.78 is 0. The molecule has 3 N–H and O–H groups in total. The van der Waals surface area contributed by atoms with Gasteiger partial charge in [-0.1, -0.05) is 30.3 Å². The normalized spacial score (nSPS) is 11.0. The first-order valence-corrected chi connectivity index (χ1v) is 6.78. The van der Waals surface area contributed by atoms with Crippen LogP contribution in [0, 0.1) is 0 Å². The summed E-state index contributed by atoms with van der Waals surface area (Å²) in [5.74, 6) is -0.149. The van der Waals surface area contributed by atoms with E-state index in [1.807, 2.05) is 44.2 Å². The molecule has 4 nitrogen and oxygen atoms in total. The second kappa shape index (κ2) is 5.92. The Hall–Kier alpha value is -2.07. The number of rotatable bonds is 4. The van der Waals surface area contributed by atoms with Crippen molar-refractivity contribution in [3.05, 3.63) is 42.0 Å². The van der Waals surface area contributed by atoms with E-state index in [2.05, 4.69) is 0 Å². The molecule has 2 rings (SSSR count). The number of carbonyl (C=O) groups is 1. The highest BCUT2D eigenvalue weighted by molar-refractivity contribution is 6.03. The van der Waals surface area contributed by atoms with Gasteiger partial charge in [0.15, 0.2) is 0 Å². The monoisotopic (exact) mass is 272 g/mol. The third-order valence-corrected chi connectivity index (χ3v) is 3.39. The minimum Gasteiger partial charge on any atom is -0.506 e. The molecular formula is C16H20N2O2. The Labute approximate surface area is 118 Å². The minimum atomic E-state index is -0.186. The molecule has 0 aromatic heterocycles. The van der Waals surface area contributed by atoms with Crippen molar-refractivity contribution < 1.29 is 9.90 Å². The lowest BCUT2D eigenvalue weighted by atomic mass is 10.0. The first-order valence-electron chi connectivity index (χ1n) is 6.78. The van der Waals surface area contributed by atoms with Gasteiger partial charge in [0.2, 0.25) is 0 Å². The summed E-state index contributed by atoms with van der Waals surface area (Å²) >= 11 is 0. The second-order valence-electron chi connectivity index (χ2n) is 5.06. The molecule has 0 unspecified atom stereocenters. The van der Waals surface area contributed by atoms with Gasteiger partial charge in [-0.3, -0.25) is 4.79 Å². The van der Waals surface area contributed by atoms with Crippen molar-refractivity contribution in [1.82, 2.24) is 4.90 Å². The predicted molar refractivity (Wildman–Crippen MR) is 80.8 cm³/mol. The molecule has 0 saturated heterocycles. The lowest BCUT2D eigenvalue weighted by Gasteiger charge is -2.26. The lowest BCUT2D eigenvalue weighted by molar-refractivity contribution is 0.0709. The van der Waals surface area contributed by atoms with Gasteiger partial charge < -0.3 is 15.7 Å². The quantitative estimate of drug-likeness (QED) is 0.898. The van der Waals surface area contributed by atoms with Crippen LogP contribution < -0.4 is 5.73 Å². The molecule has 0 spiro atoms. The van der Waals surface area contributed by atoms with Gasteiger partial charge in [-0.25, -0.2) is 0 Å². The van der Waals surface area contributed by atoms with Crippen molar-refractivity contribution in [3.63, 3.8) is 0 Å². The summed E-state index contributed by atoms with van der Waals surface area (Å²) in [5, 5.41) is 11.9. The summed E-state index contributed by atoms with van der Waals surface area (Å²) in [5.41, 5.74) is 5.88. The largest absolute Gasteiger partial charge is 0.506 e. The fourth-order valence-electron chi connectivity index (χ4n) is 2.32. The molecule has 20 heavy (non-hydrogen) atoms. The number of benzene rings is 2. The Morgan fingerprint density at radius 2 is 1.95 bits per heavy atom. The third-order valence-electron chi connectivity index (χ3n) is 3.39. The van der Waals surface area contributed by atoms with Crippen LogP contribution in [0.4, 0.5) is 0 Å². The van der Waals surface area contributed by atoms with Crippen LogP contribution in [0.3, 0.4) is 0 Å². The zero-order chi connectivity index (χ0) is 14.7. The van der Waals surface area contributed by atoms with Gasteiger partial charge in [0.05, 0.1) is 5.56 Å². The van der Waals surface area contributed by atoms with E-state index in [1.165, 1.54) is 0 Å². The molecule has 0 aliphatic heterocycles. The minimum absolute atomic E-state index is 0.0378. The number of aromatic hydroxyl groups is 1. The van der Waals surface area contributed by atoms with E-state index in [0.717, 1.165) is 5.39 Å². The molecule has 4 heteroatoms. The summed E-state index contributed by atoms with van der Waals surface area (Å²) in [4.78, 5) is 14.2. The van der Waals surface area contributed by atoms with Gasteiger partial charge in [0.25, 0.3) is 5.91 Å². The molecule has 0 bridgehead atoms. The van der Waals surface area contributed by atoms with Crippen LogP contribution in [-0.2, 0) is 0 Å². The van der Waals surface area contributed by atoms with Crippen LogP contribution in [0.25, 0.3) is 10.8 Å². The number of hydrogen-bond acceptors (Lipinski definition) is 3. The smallest absolute Gasteiger partial charge is 0.257 e. The standard InChI is InChI=1S/C16H20N2O2/c1-11(2)18(10-9-17)16(20)14-8-7-12-5-3-4-6-13(12)15(14)19/h3-8,11,19H,9-10,17H2,1-2H3. The predicted octanol–water partition coefficient (Wildman–Crippen LogP) is 2.35. The van der Waals surface area contributed by atoms with Crippen molar-refractivity contribution in [2.45, 2.75) is 19.9 Å². The molecule has 0 heterocycles. The zero-order valence-corrected chi connectivity index (χ0v) is 11.8. The van der Waals surface area contributed by atoms with E-state index < -0.39 is 0 Å². The van der Waals surface area contributed by atoms with Gasteiger partial charge in [-0.05, 0) is 25.3 Å². The SMILES string of the molecule is CC(C)N(CCN)C(=O)c1ccc2ccccc2c1O.